The molecule has 0 aromatic carbocycles. The molecule has 4 nitrogen and oxygen atoms in total. The third-order valence-corrected chi connectivity index (χ3v) is 2.86. The van der Waals surface area contributed by atoms with Crippen LogP contribution in [0, 0.1) is 0 Å². The minimum absolute atomic E-state index is 0.110. The van der Waals surface area contributed by atoms with Gasteiger partial charge in [-0.3, -0.25) is 9.69 Å². The number of rotatable bonds is 4. The van der Waals surface area contributed by atoms with E-state index in [1.54, 1.807) is 0 Å². The predicted molar refractivity (Wildman–Crippen MR) is 53.7 cm³/mol. The van der Waals surface area contributed by atoms with Gasteiger partial charge in [0, 0.05) is 0 Å². The third-order valence-electron chi connectivity index (χ3n) is 2.86. The Morgan fingerprint density at radius 3 is 2.86 bits per heavy atom. The van der Waals surface area contributed by atoms with Gasteiger partial charge in [0.15, 0.2) is 0 Å². The molecule has 0 bridgehead atoms. The Morgan fingerprint density at radius 1 is 1.64 bits per heavy atom. The van der Waals surface area contributed by atoms with Crippen LogP contribution in [0.5, 0.6) is 0 Å². The van der Waals surface area contributed by atoms with Crippen molar-refractivity contribution in [3.63, 3.8) is 0 Å². The number of nitrogens with zero attached hydrogens (tertiary/aromatic N) is 1. The fourth-order valence-corrected chi connectivity index (χ4v) is 2.11. The molecule has 0 saturated carbocycles. The number of primary amides is 1. The van der Waals surface area contributed by atoms with Crippen LogP contribution in [0.25, 0.3) is 0 Å². The van der Waals surface area contributed by atoms with Crippen molar-refractivity contribution in [1.29, 1.82) is 0 Å². The first-order valence-corrected chi connectivity index (χ1v) is 5.21. The molecule has 14 heavy (non-hydrogen) atoms. The average Bonchev–Trinajstić information content (AvgIpc) is 2.19. The first kappa shape index (κ1) is 11.2. The first-order chi connectivity index (χ1) is 6.70. The van der Waals surface area contributed by atoms with E-state index >= 15 is 0 Å². The highest BCUT2D eigenvalue weighted by atomic mass is 16.1. The van der Waals surface area contributed by atoms with Crippen LogP contribution in [-0.4, -0.2) is 35.7 Å². The Balaban J connectivity index is 2.70. The molecule has 2 N–H and O–H groups in total. The Labute approximate surface area is 84.4 Å². The molecule has 1 aliphatic rings. The Bertz CT molecular complexity index is 218. The lowest BCUT2D eigenvalue weighted by Crippen LogP contribution is -2.52. The van der Waals surface area contributed by atoms with E-state index in [0.29, 0.717) is 6.42 Å². The first-order valence-electron chi connectivity index (χ1n) is 5.21. The lowest BCUT2D eigenvalue weighted by atomic mass is 9.99. The lowest BCUT2D eigenvalue weighted by molar-refractivity contribution is -0.126. The molecule has 2 unspecified atom stereocenters. The zero-order valence-corrected chi connectivity index (χ0v) is 8.61. The summed E-state index contributed by atoms with van der Waals surface area (Å²) in [5, 5.41) is 0. The molecule has 0 aromatic heterocycles. The molecular weight excluding hydrogens is 180 g/mol. The van der Waals surface area contributed by atoms with Crippen LogP contribution in [0.1, 0.15) is 32.6 Å². The number of amides is 1. The topological polar surface area (TPSA) is 63.4 Å². The molecule has 0 aromatic rings. The van der Waals surface area contributed by atoms with E-state index < -0.39 is 0 Å². The van der Waals surface area contributed by atoms with Gasteiger partial charge in [-0.1, -0.05) is 13.3 Å². The molecule has 1 rings (SSSR count). The Hall–Kier alpha value is -0.900. The van der Waals surface area contributed by atoms with E-state index in [-0.39, 0.29) is 18.0 Å². The monoisotopic (exact) mass is 198 g/mol. The molecule has 0 aliphatic carbocycles. The number of carbonyl (C=O) groups is 2. The minimum Gasteiger partial charge on any atom is -0.368 e. The Kier molecular flexibility index (Phi) is 4.07. The molecule has 1 amide bonds. The summed E-state index contributed by atoms with van der Waals surface area (Å²) in [6.07, 6.45) is 4.58. The lowest BCUT2D eigenvalue weighted by Gasteiger charge is -2.36. The van der Waals surface area contributed by atoms with E-state index in [2.05, 4.69) is 0 Å². The molecule has 80 valence electrons. The third kappa shape index (κ3) is 2.32. The zero-order chi connectivity index (χ0) is 10.6. The molecule has 0 spiro atoms. The van der Waals surface area contributed by atoms with E-state index in [0.717, 1.165) is 32.1 Å². The van der Waals surface area contributed by atoms with Crippen molar-refractivity contribution >= 4 is 12.2 Å². The predicted octanol–water partition coefficient (Wildman–Crippen LogP) is 0.304. The summed E-state index contributed by atoms with van der Waals surface area (Å²) in [5.74, 6) is -0.318. The highest BCUT2D eigenvalue weighted by Crippen LogP contribution is 2.19. The van der Waals surface area contributed by atoms with Crippen molar-refractivity contribution in [2.24, 2.45) is 5.73 Å². The van der Waals surface area contributed by atoms with Crippen molar-refractivity contribution in [2.45, 2.75) is 44.7 Å². The molecule has 0 radical (unpaired) electrons. The van der Waals surface area contributed by atoms with Crippen LogP contribution in [-0.2, 0) is 9.59 Å². The fraction of sp³-hybridized carbons (Fsp3) is 0.800. The smallest absolute Gasteiger partial charge is 0.234 e. The van der Waals surface area contributed by atoms with E-state index in [9.17, 15) is 9.59 Å². The molecule has 1 heterocycles. The summed E-state index contributed by atoms with van der Waals surface area (Å²) < 4.78 is 0. The molecule has 1 aliphatic heterocycles. The number of likely N-dealkylation sites (tertiary alicyclic amines) is 1. The number of hydrogen-bond donors (Lipinski definition) is 1. The van der Waals surface area contributed by atoms with Crippen molar-refractivity contribution in [3.05, 3.63) is 0 Å². The second kappa shape index (κ2) is 5.10. The number of piperidine rings is 1. The van der Waals surface area contributed by atoms with Crippen LogP contribution in [0.2, 0.25) is 0 Å². The summed E-state index contributed by atoms with van der Waals surface area (Å²) in [4.78, 5) is 23.9. The van der Waals surface area contributed by atoms with Gasteiger partial charge in [-0.05, 0) is 25.8 Å². The van der Waals surface area contributed by atoms with Crippen LogP contribution in [0.4, 0.5) is 0 Å². The van der Waals surface area contributed by atoms with E-state index in [4.69, 9.17) is 5.73 Å². The number of carbonyl (C=O) groups excluding carboxylic acids is 2. The van der Waals surface area contributed by atoms with Gasteiger partial charge in [0.05, 0.1) is 12.1 Å². The summed E-state index contributed by atoms with van der Waals surface area (Å²) in [7, 11) is 0. The van der Waals surface area contributed by atoms with E-state index in [1.165, 1.54) is 0 Å². The van der Waals surface area contributed by atoms with Crippen molar-refractivity contribution in [1.82, 2.24) is 4.90 Å². The van der Waals surface area contributed by atoms with Crippen LogP contribution < -0.4 is 5.73 Å². The van der Waals surface area contributed by atoms with Gasteiger partial charge in [0.2, 0.25) is 5.91 Å². The maximum Gasteiger partial charge on any atom is 0.234 e. The van der Waals surface area contributed by atoms with Crippen molar-refractivity contribution in [3.8, 4) is 0 Å². The van der Waals surface area contributed by atoms with Gasteiger partial charge in [-0.2, -0.15) is 0 Å². The van der Waals surface area contributed by atoms with Crippen molar-refractivity contribution in [2.75, 3.05) is 6.54 Å². The maximum absolute atomic E-state index is 11.2. The quantitative estimate of drug-likeness (QED) is 0.661. The summed E-state index contributed by atoms with van der Waals surface area (Å²) in [6, 6.07) is -0.383. The van der Waals surface area contributed by atoms with Gasteiger partial charge in [0.25, 0.3) is 0 Å². The minimum atomic E-state index is -0.318. The Morgan fingerprint density at radius 2 is 2.36 bits per heavy atom. The van der Waals surface area contributed by atoms with E-state index in [1.807, 2.05) is 11.8 Å². The van der Waals surface area contributed by atoms with Crippen LogP contribution >= 0.6 is 0 Å². The fourth-order valence-electron chi connectivity index (χ4n) is 2.11. The second-order valence-corrected chi connectivity index (χ2v) is 3.76. The van der Waals surface area contributed by atoms with Gasteiger partial charge >= 0.3 is 0 Å². The highest BCUT2D eigenvalue weighted by Gasteiger charge is 2.30. The van der Waals surface area contributed by atoms with Crippen molar-refractivity contribution < 1.29 is 9.59 Å². The average molecular weight is 198 g/mol. The number of hydrogen-bond acceptors (Lipinski definition) is 3. The number of nitrogens with two attached hydrogens (primary N) is 1. The second-order valence-electron chi connectivity index (χ2n) is 3.76. The number of aldehydes is 1. The zero-order valence-electron chi connectivity index (χ0n) is 8.61. The molecule has 4 heteroatoms. The summed E-state index contributed by atoms with van der Waals surface area (Å²) >= 11 is 0. The SMILES string of the molecule is CCC(C(N)=O)N1CCCCC1C=O. The van der Waals surface area contributed by atoms with Crippen LogP contribution in [0.3, 0.4) is 0 Å². The molecule has 2 atom stereocenters. The molecular formula is C10H18N2O2. The van der Waals surface area contributed by atoms with Crippen LogP contribution in [0.15, 0.2) is 0 Å². The summed E-state index contributed by atoms with van der Waals surface area (Å²) in [6.45, 7) is 2.73. The van der Waals surface area contributed by atoms with Gasteiger partial charge in [-0.15, -0.1) is 0 Å². The largest absolute Gasteiger partial charge is 0.368 e. The molecule has 1 fully saturated rings. The highest BCUT2D eigenvalue weighted by molar-refractivity contribution is 5.80. The normalized spacial score (nSPS) is 25.6. The summed E-state index contributed by atoms with van der Waals surface area (Å²) in [5.41, 5.74) is 5.30. The van der Waals surface area contributed by atoms with Gasteiger partial charge in [0.1, 0.15) is 6.29 Å². The van der Waals surface area contributed by atoms with Gasteiger partial charge < -0.3 is 10.5 Å². The molecule has 1 saturated heterocycles. The van der Waals surface area contributed by atoms with Gasteiger partial charge in [-0.25, -0.2) is 0 Å². The standard InChI is InChI=1S/C10H18N2O2/c1-2-9(10(11)14)12-6-4-3-5-8(12)7-13/h7-9H,2-6H2,1H3,(H2,11,14). The maximum atomic E-state index is 11.2.